The van der Waals surface area contributed by atoms with Crippen molar-refractivity contribution in [2.45, 2.75) is 26.7 Å². The third-order valence-corrected chi connectivity index (χ3v) is 3.86. The van der Waals surface area contributed by atoms with Crippen LogP contribution in [0.25, 0.3) is 5.57 Å². The van der Waals surface area contributed by atoms with Gasteiger partial charge in [-0.2, -0.15) is 0 Å². The van der Waals surface area contributed by atoms with Crippen LogP contribution < -0.4 is 0 Å². The molecule has 0 atom stereocenters. The van der Waals surface area contributed by atoms with Gasteiger partial charge in [0.1, 0.15) is 0 Å². The summed E-state index contributed by atoms with van der Waals surface area (Å²) >= 11 is 0. The maximum atomic E-state index is 2.39. The molecular weight excluding hydrogens is 216 g/mol. The summed E-state index contributed by atoms with van der Waals surface area (Å²) in [6, 6.07) is 15.5. The van der Waals surface area contributed by atoms with Gasteiger partial charge in [0.25, 0.3) is 0 Å². The van der Waals surface area contributed by atoms with Gasteiger partial charge in [-0.05, 0) is 54.5 Å². The van der Waals surface area contributed by atoms with E-state index in [1.54, 1.807) is 0 Å². The first-order valence-corrected chi connectivity index (χ1v) is 6.57. The molecule has 0 radical (unpaired) electrons. The molecule has 0 spiro atoms. The predicted octanol–water partition coefficient (Wildman–Crippen LogP) is 4.49. The molecule has 3 rings (SSSR count). The van der Waals surface area contributed by atoms with Crippen LogP contribution in [0, 0.1) is 13.8 Å². The molecule has 0 bridgehead atoms. The fourth-order valence-electron chi connectivity index (χ4n) is 2.71. The smallest absolute Gasteiger partial charge is 0.00199 e. The van der Waals surface area contributed by atoms with Crippen LogP contribution >= 0.6 is 0 Å². The van der Waals surface area contributed by atoms with Gasteiger partial charge < -0.3 is 0 Å². The van der Waals surface area contributed by atoms with E-state index in [0.717, 1.165) is 12.8 Å². The molecule has 0 N–H and O–H groups in total. The van der Waals surface area contributed by atoms with Crippen LogP contribution in [0.1, 0.15) is 27.8 Å². The SMILES string of the molecule is Cc1ccc(C2=CCc3c(C)cccc3C2)cc1. The Bertz CT molecular complexity index is 600. The highest BCUT2D eigenvalue weighted by atomic mass is 14.2. The van der Waals surface area contributed by atoms with Crippen molar-refractivity contribution in [1.82, 2.24) is 0 Å². The highest BCUT2D eigenvalue weighted by Crippen LogP contribution is 2.29. The number of allylic oxidation sites excluding steroid dienone is 2. The molecule has 1 aliphatic carbocycles. The minimum absolute atomic E-state index is 1.07. The number of fused-ring (bicyclic) bond motifs is 1. The van der Waals surface area contributed by atoms with E-state index in [-0.39, 0.29) is 0 Å². The standard InChI is InChI=1S/C18H18/c1-13-6-8-15(9-7-13)16-10-11-18-14(2)4-3-5-17(18)12-16/h3-10H,11-12H2,1-2H3. The first-order chi connectivity index (χ1) is 8.74. The lowest BCUT2D eigenvalue weighted by Gasteiger charge is -2.19. The van der Waals surface area contributed by atoms with Gasteiger partial charge in [0, 0.05) is 0 Å². The maximum Gasteiger partial charge on any atom is -0.00199 e. The third kappa shape index (κ3) is 1.99. The summed E-state index contributed by atoms with van der Waals surface area (Å²) in [5.74, 6) is 0. The van der Waals surface area contributed by atoms with Crippen molar-refractivity contribution in [2.75, 3.05) is 0 Å². The van der Waals surface area contributed by atoms with Crippen molar-refractivity contribution >= 4 is 5.57 Å². The quantitative estimate of drug-likeness (QED) is 0.682. The van der Waals surface area contributed by atoms with Crippen LogP contribution in [0.2, 0.25) is 0 Å². The van der Waals surface area contributed by atoms with Crippen LogP contribution in [0.5, 0.6) is 0 Å². The van der Waals surface area contributed by atoms with Crippen LogP contribution in [0.3, 0.4) is 0 Å². The summed E-state index contributed by atoms with van der Waals surface area (Å²) in [6.07, 6.45) is 4.53. The fourth-order valence-corrected chi connectivity index (χ4v) is 2.71. The van der Waals surface area contributed by atoms with Gasteiger partial charge in [-0.25, -0.2) is 0 Å². The Morgan fingerprint density at radius 3 is 2.44 bits per heavy atom. The Hall–Kier alpha value is -1.82. The van der Waals surface area contributed by atoms with E-state index in [4.69, 9.17) is 0 Å². The number of rotatable bonds is 1. The highest BCUT2D eigenvalue weighted by molar-refractivity contribution is 5.71. The number of aryl methyl sites for hydroxylation is 2. The summed E-state index contributed by atoms with van der Waals surface area (Å²) in [7, 11) is 0. The van der Waals surface area contributed by atoms with E-state index in [1.165, 1.54) is 33.4 Å². The lowest BCUT2D eigenvalue weighted by Crippen LogP contribution is -2.04. The van der Waals surface area contributed by atoms with Crippen LogP contribution in [0.15, 0.2) is 48.5 Å². The van der Waals surface area contributed by atoms with Gasteiger partial charge >= 0.3 is 0 Å². The van der Waals surface area contributed by atoms with Crippen LogP contribution in [0.4, 0.5) is 0 Å². The van der Waals surface area contributed by atoms with Crippen molar-refractivity contribution < 1.29 is 0 Å². The second kappa shape index (κ2) is 4.45. The van der Waals surface area contributed by atoms with E-state index in [0.29, 0.717) is 0 Å². The van der Waals surface area contributed by atoms with Gasteiger partial charge in [0.2, 0.25) is 0 Å². The van der Waals surface area contributed by atoms with Crippen molar-refractivity contribution in [1.29, 1.82) is 0 Å². The minimum atomic E-state index is 1.07. The third-order valence-electron chi connectivity index (χ3n) is 3.86. The Morgan fingerprint density at radius 2 is 1.67 bits per heavy atom. The summed E-state index contributed by atoms with van der Waals surface area (Å²) in [6.45, 7) is 4.35. The molecule has 2 aromatic rings. The van der Waals surface area contributed by atoms with Crippen molar-refractivity contribution in [3.05, 3.63) is 76.4 Å². The normalized spacial score (nSPS) is 14.0. The maximum absolute atomic E-state index is 2.39. The number of hydrogen-bond acceptors (Lipinski definition) is 0. The molecular formula is C18H18. The molecule has 0 aliphatic heterocycles. The van der Waals surface area contributed by atoms with Gasteiger partial charge in [-0.15, -0.1) is 0 Å². The van der Waals surface area contributed by atoms with Gasteiger partial charge in [-0.1, -0.05) is 54.1 Å². The number of hydrogen-bond donors (Lipinski definition) is 0. The topological polar surface area (TPSA) is 0 Å². The second-order valence-corrected chi connectivity index (χ2v) is 5.19. The average Bonchev–Trinajstić information content (AvgIpc) is 2.39. The Balaban J connectivity index is 1.95. The largest absolute Gasteiger partial charge is 0.0760 e. The molecule has 0 saturated carbocycles. The first-order valence-electron chi connectivity index (χ1n) is 6.57. The molecule has 0 heteroatoms. The summed E-state index contributed by atoms with van der Waals surface area (Å²) < 4.78 is 0. The molecule has 1 aliphatic rings. The lowest BCUT2D eigenvalue weighted by atomic mass is 9.86. The fraction of sp³-hybridized carbons (Fsp3) is 0.222. The molecule has 0 unspecified atom stereocenters. The Morgan fingerprint density at radius 1 is 0.889 bits per heavy atom. The van der Waals surface area contributed by atoms with Crippen molar-refractivity contribution in [3.8, 4) is 0 Å². The monoisotopic (exact) mass is 234 g/mol. The molecule has 18 heavy (non-hydrogen) atoms. The lowest BCUT2D eigenvalue weighted by molar-refractivity contribution is 1.08. The zero-order chi connectivity index (χ0) is 12.5. The van der Waals surface area contributed by atoms with Crippen LogP contribution in [-0.2, 0) is 12.8 Å². The molecule has 0 amide bonds. The zero-order valence-corrected chi connectivity index (χ0v) is 11.0. The number of benzene rings is 2. The van der Waals surface area contributed by atoms with E-state index < -0.39 is 0 Å². The minimum Gasteiger partial charge on any atom is -0.0760 e. The van der Waals surface area contributed by atoms with Crippen molar-refractivity contribution in [2.24, 2.45) is 0 Å². The van der Waals surface area contributed by atoms with Crippen LogP contribution in [-0.4, -0.2) is 0 Å². The molecule has 0 nitrogen and oxygen atoms in total. The molecule has 0 aromatic heterocycles. The van der Waals surface area contributed by atoms with E-state index in [9.17, 15) is 0 Å². The summed E-state index contributed by atoms with van der Waals surface area (Å²) in [5.41, 5.74) is 8.60. The van der Waals surface area contributed by atoms with Gasteiger partial charge in [0.15, 0.2) is 0 Å². The van der Waals surface area contributed by atoms with E-state index in [2.05, 4.69) is 62.4 Å². The summed E-state index contributed by atoms with van der Waals surface area (Å²) in [4.78, 5) is 0. The van der Waals surface area contributed by atoms with Crippen molar-refractivity contribution in [3.63, 3.8) is 0 Å². The Kier molecular flexibility index (Phi) is 2.79. The van der Waals surface area contributed by atoms with Gasteiger partial charge in [-0.3, -0.25) is 0 Å². The molecule has 90 valence electrons. The van der Waals surface area contributed by atoms with E-state index >= 15 is 0 Å². The zero-order valence-electron chi connectivity index (χ0n) is 11.0. The molecule has 0 fully saturated rings. The first kappa shape index (κ1) is 11.3. The predicted molar refractivity (Wildman–Crippen MR) is 77.7 cm³/mol. The molecule has 0 saturated heterocycles. The molecule has 0 heterocycles. The average molecular weight is 234 g/mol. The molecule has 2 aromatic carbocycles. The Labute approximate surface area is 109 Å². The van der Waals surface area contributed by atoms with Gasteiger partial charge in [0.05, 0.1) is 0 Å². The highest BCUT2D eigenvalue weighted by Gasteiger charge is 2.13. The summed E-state index contributed by atoms with van der Waals surface area (Å²) in [5, 5.41) is 0. The van der Waals surface area contributed by atoms with E-state index in [1.807, 2.05) is 0 Å². The second-order valence-electron chi connectivity index (χ2n) is 5.19.